The molecule has 1 saturated carbocycles. The Morgan fingerprint density at radius 2 is 2.05 bits per heavy atom. The molecule has 1 unspecified atom stereocenters. The molecule has 1 fully saturated rings. The maximum absolute atomic E-state index is 11.8. The summed E-state index contributed by atoms with van der Waals surface area (Å²) in [5, 5.41) is 21.2. The minimum absolute atomic E-state index is 0.00140. The van der Waals surface area contributed by atoms with Crippen LogP contribution in [0.5, 0.6) is 0 Å². The fourth-order valence-electron chi connectivity index (χ4n) is 2.30. The van der Waals surface area contributed by atoms with Crippen molar-refractivity contribution in [3.8, 4) is 0 Å². The predicted octanol–water partition coefficient (Wildman–Crippen LogP) is -1.73. The van der Waals surface area contributed by atoms with Gasteiger partial charge in [0.15, 0.2) is 0 Å². The van der Waals surface area contributed by atoms with Crippen LogP contribution >= 0.6 is 0 Å². The fraction of sp³-hybridized carbons (Fsp3) is 0.545. The zero-order chi connectivity index (χ0) is 16.0. The van der Waals surface area contributed by atoms with Gasteiger partial charge in [-0.2, -0.15) is 5.10 Å². The van der Waals surface area contributed by atoms with Crippen molar-refractivity contribution in [2.24, 2.45) is 16.6 Å². The number of guanidine groups is 1. The second-order valence-corrected chi connectivity index (χ2v) is 4.53. The van der Waals surface area contributed by atoms with Crippen LogP contribution < -0.4 is 16.6 Å². The molecule has 1 aliphatic carbocycles. The molecule has 1 aliphatic heterocycles. The topological polar surface area (TPSA) is 171 Å². The van der Waals surface area contributed by atoms with Gasteiger partial charge >= 0.3 is 11.9 Å². The number of hydrogen-bond donors (Lipinski definition) is 3. The molecule has 0 aromatic carbocycles. The summed E-state index contributed by atoms with van der Waals surface area (Å²) >= 11 is 0. The molecule has 0 bridgehead atoms. The number of esters is 1. The lowest BCUT2D eigenvalue weighted by molar-refractivity contribution is -0.464. The Labute approximate surface area is 120 Å². The highest BCUT2D eigenvalue weighted by Crippen LogP contribution is 2.34. The second-order valence-electron chi connectivity index (χ2n) is 4.53. The third-order valence-electron chi connectivity index (χ3n) is 3.04. The molecule has 5 N–H and O–H groups in total. The molecule has 2 aliphatic rings. The molecule has 21 heavy (non-hydrogen) atoms. The minimum atomic E-state index is -1.75. The largest absolute Gasteiger partial charge is 0.454 e. The number of hydrogen-bond acceptors (Lipinski definition) is 6. The molecule has 0 aromatic rings. The molecule has 10 nitrogen and oxygen atoms in total. The first-order valence-corrected chi connectivity index (χ1v) is 6.27. The summed E-state index contributed by atoms with van der Waals surface area (Å²) in [6, 6.07) is 0. The van der Waals surface area contributed by atoms with Gasteiger partial charge in [-0.15, -0.1) is 5.10 Å². The molecule has 116 valence electrons. The number of ether oxygens (including phenoxy) is 1. The van der Waals surface area contributed by atoms with Crippen LogP contribution in [0.1, 0.15) is 32.6 Å². The average molecular weight is 299 g/mol. The lowest BCUT2D eigenvalue weighted by Gasteiger charge is -2.18. The van der Waals surface area contributed by atoms with Crippen molar-refractivity contribution in [2.45, 2.75) is 38.7 Å². The normalized spacial score (nSPS) is 20.9. The van der Waals surface area contributed by atoms with Crippen molar-refractivity contribution < 1.29 is 19.7 Å². The van der Waals surface area contributed by atoms with Gasteiger partial charge in [-0.05, 0) is 38.2 Å². The summed E-state index contributed by atoms with van der Waals surface area (Å²) in [5.74, 6) is -0.285. The summed E-state index contributed by atoms with van der Waals surface area (Å²) in [5.41, 5.74) is 12.7. The van der Waals surface area contributed by atoms with Crippen LogP contribution in [0.2, 0.25) is 0 Å². The number of rotatable bonds is 2. The SMILES string of the molecule is C/C(=N/[NH+]=C(N)N)C1=C2CCCCC2OC1=O.O=[N+]([O-])[O-]. The first-order chi connectivity index (χ1) is 9.82. The Kier molecular flexibility index (Phi) is 5.64. The van der Waals surface area contributed by atoms with E-state index in [1.54, 1.807) is 6.92 Å². The van der Waals surface area contributed by atoms with E-state index in [2.05, 4.69) is 10.2 Å². The first kappa shape index (κ1) is 16.4. The monoisotopic (exact) mass is 299 g/mol. The molecule has 1 heterocycles. The van der Waals surface area contributed by atoms with Crippen molar-refractivity contribution in [3.63, 3.8) is 0 Å². The predicted molar refractivity (Wildman–Crippen MR) is 73.2 cm³/mol. The van der Waals surface area contributed by atoms with Gasteiger partial charge in [-0.1, -0.05) is 0 Å². The van der Waals surface area contributed by atoms with Crippen molar-refractivity contribution >= 4 is 17.6 Å². The van der Waals surface area contributed by atoms with Gasteiger partial charge in [0.25, 0.3) is 0 Å². The molecule has 2 rings (SSSR count). The Balaban J connectivity index is 0.000000491. The standard InChI is InChI=1S/C11H16N4O2.NO3/c1-6(14-15-11(12)13)9-7-4-2-3-5-8(7)17-10(9)16;2-1(3)4/h8H,2-5H2,1H3,(H4,12,13,15);/q;-1/p+1/b14-6-;. The summed E-state index contributed by atoms with van der Waals surface area (Å²) < 4.78 is 5.31. The van der Waals surface area contributed by atoms with Gasteiger partial charge < -0.3 is 20.1 Å². The Morgan fingerprint density at radius 3 is 2.62 bits per heavy atom. The summed E-state index contributed by atoms with van der Waals surface area (Å²) in [4.78, 5) is 20.0. The number of fused-ring (bicyclic) bond motifs is 1. The number of carbonyl (C=O) groups is 1. The smallest absolute Gasteiger partial charge is 0.362 e. The molecule has 0 radical (unpaired) electrons. The summed E-state index contributed by atoms with van der Waals surface area (Å²) in [7, 11) is 0. The number of hydrazone groups is 1. The van der Waals surface area contributed by atoms with Crippen LogP contribution in [0.4, 0.5) is 0 Å². The third-order valence-corrected chi connectivity index (χ3v) is 3.04. The molecule has 0 amide bonds. The highest BCUT2D eigenvalue weighted by molar-refractivity contribution is 6.20. The van der Waals surface area contributed by atoms with E-state index >= 15 is 0 Å². The lowest BCUT2D eigenvalue weighted by atomic mass is 9.89. The van der Waals surface area contributed by atoms with E-state index < -0.39 is 5.09 Å². The molecule has 0 spiro atoms. The van der Waals surface area contributed by atoms with Crippen molar-refractivity contribution in [2.75, 3.05) is 0 Å². The van der Waals surface area contributed by atoms with Gasteiger partial charge in [0.05, 0.1) is 16.4 Å². The van der Waals surface area contributed by atoms with Gasteiger partial charge in [0.1, 0.15) is 6.10 Å². The van der Waals surface area contributed by atoms with Crippen LogP contribution in [-0.4, -0.2) is 28.8 Å². The number of nitrogens with zero attached hydrogens (tertiary/aromatic N) is 2. The second kappa shape index (κ2) is 7.22. The van der Waals surface area contributed by atoms with Crippen LogP contribution in [0, 0.1) is 15.3 Å². The van der Waals surface area contributed by atoms with E-state index in [1.807, 2.05) is 0 Å². The zero-order valence-electron chi connectivity index (χ0n) is 11.5. The number of nitrogens with one attached hydrogen (secondary N) is 1. The molecule has 0 aromatic heterocycles. The summed E-state index contributed by atoms with van der Waals surface area (Å²) in [6.45, 7) is 1.75. The van der Waals surface area contributed by atoms with Crippen LogP contribution in [-0.2, 0) is 9.53 Å². The number of carbonyl (C=O) groups excluding carboxylic acids is 1. The Hall–Kier alpha value is -2.65. The number of nitrogens with two attached hydrogens (primary N) is 2. The maximum Gasteiger partial charge on any atom is 0.362 e. The van der Waals surface area contributed by atoms with Gasteiger partial charge in [-0.3, -0.25) is 11.5 Å². The van der Waals surface area contributed by atoms with Crippen LogP contribution in [0.25, 0.3) is 0 Å². The van der Waals surface area contributed by atoms with E-state index in [0.29, 0.717) is 11.3 Å². The first-order valence-electron chi connectivity index (χ1n) is 6.27. The quantitative estimate of drug-likeness (QED) is 0.179. The van der Waals surface area contributed by atoms with Crippen LogP contribution in [0.15, 0.2) is 16.2 Å². The van der Waals surface area contributed by atoms with E-state index in [-0.39, 0.29) is 18.0 Å². The molecular formula is C11H17N5O5. The van der Waals surface area contributed by atoms with Crippen molar-refractivity contribution in [3.05, 3.63) is 26.5 Å². The molecule has 10 heteroatoms. The molecular weight excluding hydrogens is 282 g/mol. The Bertz CT molecular complexity index is 517. The highest BCUT2D eigenvalue weighted by atomic mass is 16.9. The van der Waals surface area contributed by atoms with E-state index in [9.17, 15) is 4.79 Å². The van der Waals surface area contributed by atoms with Gasteiger partial charge in [0.2, 0.25) is 0 Å². The van der Waals surface area contributed by atoms with Crippen molar-refractivity contribution in [1.29, 1.82) is 0 Å². The molecule has 1 atom stereocenters. The van der Waals surface area contributed by atoms with Crippen molar-refractivity contribution in [1.82, 2.24) is 0 Å². The maximum atomic E-state index is 11.8. The lowest BCUT2D eigenvalue weighted by Crippen LogP contribution is -2.73. The minimum Gasteiger partial charge on any atom is -0.454 e. The average Bonchev–Trinajstić information content (AvgIpc) is 2.71. The third kappa shape index (κ3) is 4.75. The highest BCUT2D eigenvalue weighted by Gasteiger charge is 2.36. The van der Waals surface area contributed by atoms with Gasteiger partial charge in [-0.25, -0.2) is 4.79 Å². The van der Waals surface area contributed by atoms with Crippen LogP contribution in [0.3, 0.4) is 0 Å². The van der Waals surface area contributed by atoms with E-state index in [0.717, 1.165) is 31.3 Å². The summed E-state index contributed by atoms with van der Waals surface area (Å²) in [6.07, 6.45) is 3.97. The van der Waals surface area contributed by atoms with E-state index in [4.69, 9.17) is 31.5 Å². The fourth-order valence-corrected chi connectivity index (χ4v) is 2.30. The zero-order valence-corrected chi connectivity index (χ0v) is 11.5. The van der Waals surface area contributed by atoms with E-state index in [1.165, 1.54) is 0 Å². The molecule has 0 saturated heterocycles. The van der Waals surface area contributed by atoms with Gasteiger partial charge in [0, 0.05) is 0 Å². The Morgan fingerprint density at radius 1 is 1.43 bits per heavy atom.